The van der Waals surface area contributed by atoms with Gasteiger partial charge in [-0.3, -0.25) is 9.78 Å². The van der Waals surface area contributed by atoms with Crippen LogP contribution in [0.15, 0.2) is 36.7 Å². The van der Waals surface area contributed by atoms with Crippen LogP contribution in [0.4, 0.5) is 13.2 Å². The lowest BCUT2D eigenvalue weighted by Gasteiger charge is -2.13. The fourth-order valence-corrected chi connectivity index (χ4v) is 3.91. The van der Waals surface area contributed by atoms with Crippen molar-refractivity contribution in [3.63, 3.8) is 0 Å². The summed E-state index contributed by atoms with van der Waals surface area (Å²) in [6.45, 7) is 2.46. The molecule has 2 aromatic heterocycles. The third kappa shape index (κ3) is 3.06. The van der Waals surface area contributed by atoms with E-state index in [1.54, 1.807) is 12.3 Å². The van der Waals surface area contributed by atoms with E-state index in [0.717, 1.165) is 28.6 Å². The number of carbonyl (C=O) groups is 1. The predicted molar refractivity (Wildman–Crippen MR) is 99.9 cm³/mol. The Labute approximate surface area is 169 Å². The third-order valence-electron chi connectivity index (χ3n) is 5.43. The highest BCUT2D eigenvalue weighted by Gasteiger charge is 2.34. The number of nitrogens with zero attached hydrogens (tertiary/aromatic N) is 2. The van der Waals surface area contributed by atoms with Crippen LogP contribution < -0.4 is 10.1 Å². The zero-order valence-corrected chi connectivity index (χ0v) is 15.8. The summed E-state index contributed by atoms with van der Waals surface area (Å²) in [4.78, 5) is 21.4. The van der Waals surface area contributed by atoms with Gasteiger partial charge in [0.1, 0.15) is 18.1 Å². The summed E-state index contributed by atoms with van der Waals surface area (Å²) in [5.41, 5.74) is 2.54. The van der Waals surface area contributed by atoms with Gasteiger partial charge in [0.2, 0.25) is 0 Å². The standard InChI is InChI=1S/C21H16F3N3O3/c1-10-19-11(8-29-10)6-25-16-7-26-15(5-14(16)19)20(28)27-17-9-30-18-4-12(21(22,23)24)2-3-13(17)18/h2-7,10,17H,8-9H2,1H3,(H,27,28)/t10?,17-/m1/s1. The van der Waals surface area contributed by atoms with Crippen molar-refractivity contribution in [1.29, 1.82) is 0 Å². The van der Waals surface area contributed by atoms with E-state index in [1.807, 2.05) is 6.92 Å². The van der Waals surface area contributed by atoms with E-state index in [1.165, 1.54) is 12.3 Å². The van der Waals surface area contributed by atoms with Crippen LogP contribution in [0.3, 0.4) is 0 Å². The van der Waals surface area contributed by atoms with Crippen molar-refractivity contribution in [3.05, 3.63) is 64.6 Å². The van der Waals surface area contributed by atoms with Crippen LogP contribution >= 0.6 is 0 Å². The molecule has 1 amide bonds. The van der Waals surface area contributed by atoms with E-state index >= 15 is 0 Å². The molecular weight excluding hydrogens is 399 g/mol. The van der Waals surface area contributed by atoms with E-state index in [9.17, 15) is 18.0 Å². The van der Waals surface area contributed by atoms with Crippen LogP contribution in [-0.4, -0.2) is 22.5 Å². The maximum absolute atomic E-state index is 12.9. The molecule has 0 bridgehead atoms. The fraction of sp³-hybridized carbons (Fsp3) is 0.286. The van der Waals surface area contributed by atoms with E-state index in [2.05, 4.69) is 15.3 Å². The molecule has 0 fully saturated rings. The Morgan fingerprint density at radius 2 is 2.03 bits per heavy atom. The molecule has 0 spiro atoms. The zero-order chi connectivity index (χ0) is 21.0. The summed E-state index contributed by atoms with van der Waals surface area (Å²) in [5.74, 6) is -0.322. The lowest BCUT2D eigenvalue weighted by Crippen LogP contribution is -2.30. The second-order valence-electron chi connectivity index (χ2n) is 7.32. The maximum Gasteiger partial charge on any atom is 0.416 e. The van der Waals surface area contributed by atoms with Crippen molar-refractivity contribution in [2.45, 2.75) is 31.9 Å². The monoisotopic (exact) mass is 415 g/mol. The van der Waals surface area contributed by atoms with Gasteiger partial charge in [-0.15, -0.1) is 0 Å². The molecule has 0 saturated carbocycles. The number of rotatable bonds is 2. The molecule has 2 aliphatic heterocycles. The van der Waals surface area contributed by atoms with Crippen LogP contribution in [0.5, 0.6) is 5.75 Å². The Morgan fingerprint density at radius 1 is 1.20 bits per heavy atom. The Balaban J connectivity index is 1.42. The lowest BCUT2D eigenvalue weighted by atomic mass is 10.0. The largest absolute Gasteiger partial charge is 0.491 e. The van der Waals surface area contributed by atoms with Crippen molar-refractivity contribution < 1.29 is 27.4 Å². The van der Waals surface area contributed by atoms with Gasteiger partial charge in [0, 0.05) is 22.7 Å². The van der Waals surface area contributed by atoms with Crippen LogP contribution in [0.25, 0.3) is 10.9 Å². The molecule has 1 unspecified atom stereocenters. The minimum atomic E-state index is -4.45. The number of fused-ring (bicyclic) bond motifs is 4. The van der Waals surface area contributed by atoms with Crippen molar-refractivity contribution in [2.75, 3.05) is 6.61 Å². The quantitative estimate of drug-likeness (QED) is 0.682. The van der Waals surface area contributed by atoms with Gasteiger partial charge in [-0.05, 0) is 30.7 Å². The highest BCUT2D eigenvalue weighted by Crippen LogP contribution is 2.39. The topological polar surface area (TPSA) is 73.3 Å². The Hall–Kier alpha value is -3.20. The van der Waals surface area contributed by atoms with Gasteiger partial charge in [-0.25, -0.2) is 4.98 Å². The zero-order valence-electron chi connectivity index (χ0n) is 15.8. The number of carbonyl (C=O) groups excluding carboxylic acids is 1. The molecule has 3 aromatic rings. The molecule has 0 aliphatic carbocycles. The van der Waals surface area contributed by atoms with E-state index in [4.69, 9.17) is 9.47 Å². The first-order valence-corrected chi connectivity index (χ1v) is 9.35. The number of benzene rings is 1. The predicted octanol–water partition coefficient (Wildman–Crippen LogP) is 4.10. The third-order valence-corrected chi connectivity index (χ3v) is 5.43. The van der Waals surface area contributed by atoms with Gasteiger partial charge < -0.3 is 14.8 Å². The van der Waals surface area contributed by atoms with Crippen molar-refractivity contribution in [1.82, 2.24) is 15.3 Å². The maximum atomic E-state index is 12.9. The average molecular weight is 415 g/mol. The molecular formula is C21H16F3N3O3. The second kappa shape index (κ2) is 6.66. The smallest absolute Gasteiger partial charge is 0.416 e. The second-order valence-corrected chi connectivity index (χ2v) is 7.32. The molecule has 0 saturated heterocycles. The van der Waals surface area contributed by atoms with Crippen molar-refractivity contribution in [2.24, 2.45) is 0 Å². The highest BCUT2D eigenvalue weighted by molar-refractivity contribution is 5.97. The minimum absolute atomic E-state index is 0.0534. The van der Waals surface area contributed by atoms with E-state index in [-0.39, 0.29) is 24.2 Å². The average Bonchev–Trinajstić information content (AvgIpc) is 3.30. The minimum Gasteiger partial charge on any atom is -0.491 e. The number of alkyl halides is 3. The van der Waals surface area contributed by atoms with Gasteiger partial charge in [0.15, 0.2) is 0 Å². The summed E-state index contributed by atoms with van der Waals surface area (Å²) >= 11 is 0. The first-order valence-electron chi connectivity index (χ1n) is 9.35. The molecule has 2 atom stereocenters. The number of hydrogen-bond acceptors (Lipinski definition) is 5. The van der Waals surface area contributed by atoms with E-state index < -0.39 is 23.7 Å². The normalized spacial score (nSPS) is 20.0. The Morgan fingerprint density at radius 3 is 2.83 bits per heavy atom. The Kier molecular flexibility index (Phi) is 4.18. The lowest BCUT2D eigenvalue weighted by molar-refractivity contribution is -0.137. The summed E-state index contributed by atoms with van der Waals surface area (Å²) in [6, 6.07) is 4.38. The molecule has 1 N–H and O–H groups in total. The summed E-state index contributed by atoms with van der Waals surface area (Å²) < 4.78 is 49.7. The molecule has 9 heteroatoms. The number of halogens is 3. The summed E-state index contributed by atoms with van der Waals surface area (Å²) in [5, 5.41) is 3.60. The Bertz CT molecular complexity index is 1180. The van der Waals surface area contributed by atoms with Crippen LogP contribution in [-0.2, 0) is 17.5 Å². The van der Waals surface area contributed by atoms with Crippen molar-refractivity contribution in [3.8, 4) is 5.75 Å². The molecule has 154 valence electrons. The molecule has 6 nitrogen and oxygen atoms in total. The van der Waals surface area contributed by atoms with Gasteiger partial charge in [-0.1, -0.05) is 6.07 Å². The van der Waals surface area contributed by atoms with Gasteiger partial charge in [-0.2, -0.15) is 13.2 Å². The SMILES string of the molecule is CC1OCc2cnc3cnc(C(=O)N[C@@H]4COc5cc(C(F)(F)F)ccc54)cc3c21. The summed E-state index contributed by atoms with van der Waals surface area (Å²) in [6.07, 6.45) is -1.28. The number of pyridine rings is 2. The molecule has 30 heavy (non-hydrogen) atoms. The van der Waals surface area contributed by atoms with E-state index in [0.29, 0.717) is 17.7 Å². The first kappa shape index (κ1) is 18.8. The molecule has 4 heterocycles. The van der Waals surface area contributed by atoms with Crippen LogP contribution in [0.2, 0.25) is 0 Å². The van der Waals surface area contributed by atoms with Gasteiger partial charge >= 0.3 is 6.18 Å². The van der Waals surface area contributed by atoms with Gasteiger partial charge in [0.05, 0.1) is 36.0 Å². The van der Waals surface area contributed by atoms with Gasteiger partial charge in [0.25, 0.3) is 5.91 Å². The molecule has 1 aromatic carbocycles. The molecule has 2 aliphatic rings. The first-order chi connectivity index (χ1) is 14.3. The van der Waals surface area contributed by atoms with Crippen molar-refractivity contribution >= 4 is 16.8 Å². The number of aromatic nitrogens is 2. The van der Waals surface area contributed by atoms with Crippen LogP contribution in [0.1, 0.15) is 51.8 Å². The number of ether oxygens (including phenoxy) is 2. The molecule has 0 radical (unpaired) electrons. The summed E-state index contributed by atoms with van der Waals surface area (Å²) in [7, 11) is 0. The number of amides is 1. The fourth-order valence-electron chi connectivity index (χ4n) is 3.91. The van der Waals surface area contributed by atoms with Crippen LogP contribution in [0, 0.1) is 0 Å². The highest BCUT2D eigenvalue weighted by atomic mass is 19.4. The number of nitrogens with one attached hydrogen (secondary N) is 1. The molecule has 5 rings (SSSR count). The number of hydrogen-bond donors (Lipinski definition) is 1.